The number of nitrogens with two attached hydrogens (primary N) is 1. The zero-order valence-corrected chi connectivity index (χ0v) is 7.19. The fourth-order valence-electron chi connectivity index (χ4n) is 1.27. The summed E-state index contributed by atoms with van der Waals surface area (Å²) >= 11 is 0. The molecule has 0 bridgehead atoms. The molecular weight excluding hydrogens is 122 g/mol. The van der Waals surface area contributed by atoms with Crippen LogP contribution >= 0.6 is 0 Å². The molecule has 1 nitrogen and oxygen atoms in total. The Labute approximate surface area is 64.0 Å². The molecule has 0 aromatic heterocycles. The Morgan fingerprint density at radius 2 is 2.00 bits per heavy atom. The van der Waals surface area contributed by atoms with Crippen LogP contribution in [0.1, 0.15) is 46.0 Å². The van der Waals surface area contributed by atoms with Gasteiger partial charge in [-0.15, -0.1) is 0 Å². The Hall–Kier alpha value is -0.0400. The van der Waals surface area contributed by atoms with Crippen LogP contribution in [0.15, 0.2) is 0 Å². The van der Waals surface area contributed by atoms with E-state index in [1.165, 1.54) is 32.1 Å². The van der Waals surface area contributed by atoms with Gasteiger partial charge in [0.1, 0.15) is 0 Å². The minimum absolute atomic E-state index is 0.287. The second-order valence-corrected chi connectivity index (χ2v) is 4.15. The Morgan fingerprint density at radius 3 is 2.40 bits per heavy atom. The van der Waals surface area contributed by atoms with E-state index in [0.717, 1.165) is 5.92 Å². The van der Waals surface area contributed by atoms with Gasteiger partial charge in [0.2, 0.25) is 0 Å². The first-order valence-electron chi connectivity index (χ1n) is 4.41. The molecule has 60 valence electrons. The van der Waals surface area contributed by atoms with E-state index in [0.29, 0.717) is 0 Å². The number of hydrogen-bond donors (Lipinski definition) is 1. The van der Waals surface area contributed by atoms with Crippen molar-refractivity contribution in [2.24, 2.45) is 11.7 Å². The second-order valence-electron chi connectivity index (χ2n) is 4.15. The third-order valence-electron chi connectivity index (χ3n) is 2.35. The highest BCUT2D eigenvalue weighted by molar-refractivity contribution is 4.98. The van der Waals surface area contributed by atoms with Crippen molar-refractivity contribution in [2.45, 2.75) is 51.5 Å². The summed E-state index contributed by atoms with van der Waals surface area (Å²) in [6.45, 7) is 4.55. The van der Waals surface area contributed by atoms with Gasteiger partial charge in [-0.1, -0.05) is 26.7 Å². The van der Waals surface area contributed by atoms with E-state index in [2.05, 4.69) is 13.8 Å². The second kappa shape index (κ2) is 2.91. The van der Waals surface area contributed by atoms with Gasteiger partial charge in [-0.2, -0.15) is 0 Å². The normalized spacial score (nSPS) is 21.6. The van der Waals surface area contributed by atoms with Crippen LogP contribution in [0.2, 0.25) is 0 Å². The molecule has 0 aliphatic heterocycles. The summed E-state index contributed by atoms with van der Waals surface area (Å²) in [4.78, 5) is 0. The van der Waals surface area contributed by atoms with E-state index in [4.69, 9.17) is 5.73 Å². The van der Waals surface area contributed by atoms with Crippen LogP contribution in [0.25, 0.3) is 0 Å². The smallest absolute Gasteiger partial charge is 0.0155 e. The number of hydrogen-bond acceptors (Lipinski definition) is 1. The largest absolute Gasteiger partial charge is 0.325 e. The predicted octanol–water partition coefficient (Wildman–Crippen LogP) is 2.30. The summed E-state index contributed by atoms with van der Waals surface area (Å²) in [5.74, 6) is 0.849. The minimum atomic E-state index is 0.287. The summed E-state index contributed by atoms with van der Waals surface area (Å²) < 4.78 is 0. The average Bonchev–Trinajstić information content (AvgIpc) is 2.47. The lowest BCUT2D eigenvalue weighted by Crippen LogP contribution is -2.21. The summed E-state index contributed by atoms with van der Waals surface area (Å²) in [7, 11) is 0. The highest BCUT2D eigenvalue weighted by Crippen LogP contribution is 2.37. The van der Waals surface area contributed by atoms with Crippen molar-refractivity contribution in [1.82, 2.24) is 0 Å². The van der Waals surface area contributed by atoms with Gasteiger partial charge in [0.05, 0.1) is 0 Å². The predicted molar refractivity (Wildman–Crippen MR) is 44.8 cm³/mol. The Balaban J connectivity index is 1.95. The summed E-state index contributed by atoms with van der Waals surface area (Å²) in [5, 5.41) is 0. The zero-order valence-electron chi connectivity index (χ0n) is 7.19. The van der Waals surface area contributed by atoms with Crippen molar-refractivity contribution in [3.05, 3.63) is 0 Å². The van der Waals surface area contributed by atoms with E-state index in [9.17, 15) is 0 Å². The highest BCUT2D eigenvalue weighted by Gasteiger charge is 2.36. The van der Waals surface area contributed by atoms with Crippen LogP contribution in [0.3, 0.4) is 0 Å². The van der Waals surface area contributed by atoms with E-state index in [1.54, 1.807) is 0 Å². The molecule has 0 aromatic carbocycles. The van der Waals surface area contributed by atoms with Gasteiger partial charge < -0.3 is 5.73 Å². The highest BCUT2D eigenvalue weighted by atomic mass is 14.8. The Kier molecular flexibility index (Phi) is 2.35. The lowest BCUT2D eigenvalue weighted by atomic mass is 10.0. The van der Waals surface area contributed by atoms with Gasteiger partial charge in [0.25, 0.3) is 0 Å². The van der Waals surface area contributed by atoms with Crippen LogP contribution in [0.4, 0.5) is 0 Å². The fraction of sp³-hybridized carbons (Fsp3) is 1.00. The van der Waals surface area contributed by atoms with E-state index in [1.807, 2.05) is 0 Å². The van der Waals surface area contributed by atoms with Gasteiger partial charge in [0, 0.05) is 5.54 Å². The van der Waals surface area contributed by atoms with Gasteiger partial charge >= 0.3 is 0 Å². The van der Waals surface area contributed by atoms with Gasteiger partial charge in [0.15, 0.2) is 0 Å². The fourth-order valence-corrected chi connectivity index (χ4v) is 1.27. The molecule has 10 heavy (non-hydrogen) atoms. The topological polar surface area (TPSA) is 26.0 Å². The first-order chi connectivity index (χ1) is 4.62. The SMILES string of the molecule is CC(C)CCCC1(N)CC1. The van der Waals surface area contributed by atoms with Gasteiger partial charge in [-0.25, -0.2) is 0 Å². The summed E-state index contributed by atoms with van der Waals surface area (Å²) in [6.07, 6.45) is 6.47. The van der Waals surface area contributed by atoms with Gasteiger partial charge in [-0.05, 0) is 25.2 Å². The molecule has 0 spiro atoms. The van der Waals surface area contributed by atoms with Crippen LogP contribution in [-0.2, 0) is 0 Å². The lowest BCUT2D eigenvalue weighted by Gasteiger charge is -2.08. The van der Waals surface area contributed by atoms with Crippen LogP contribution < -0.4 is 5.73 Å². The molecule has 0 heterocycles. The Morgan fingerprint density at radius 1 is 1.40 bits per heavy atom. The maximum Gasteiger partial charge on any atom is 0.0155 e. The molecule has 1 rings (SSSR count). The molecule has 0 saturated heterocycles. The zero-order chi connectivity index (χ0) is 7.61. The Bertz CT molecular complexity index is 103. The molecule has 1 aliphatic carbocycles. The van der Waals surface area contributed by atoms with Crippen LogP contribution in [0, 0.1) is 5.92 Å². The van der Waals surface area contributed by atoms with Crippen molar-refractivity contribution >= 4 is 0 Å². The maximum absolute atomic E-state index is 5.93. The summed E-state index contributed by atoms with van der Waals surface area (Å²) in [6, 6.07) is 0. The van der Waals surface area contributed by atoms with E-state index in [-0.39, 0.29) is 5.54 Å². The van der Waals surface area contributed by atoms with Crippen molar-refractivity contribution in [3.8, 4) is 0 Å². The first-order valence-corrected chi connectivity index (χ1v) is 4.41. The molecule has 2 N–H and O–H groups in total. The van der Waals surface area contributed by atoms with Gasteiger partial charge in [-0.3, -0.25) is 0 Å². The maximum atomic E-state index is 5.93. The lowest BCUT2D eigenvalue weighted by molar-refractivity contribution is 0.491. The van der Waals surface area contributed by atoms with Crippen LogP contribution in [0.5, 0.6) is 0 Å². The van der Waals surface area contributed by atoms with Crippen molar-refractivity contribution in [2.75, 3.05) is 0 Å². The molecular formula is C9H19N. The molecule has 0 unspecified atom stereocenters. The molecule has 0 aromatic rings. The molecule has 1 fully saturated rings. The first kappa shape index (κ1) is 8.06. The molecule has 1 heteroatoms. The molecule has 0 radical (unpaired) electrons. The van der Waals surface area contributed by atoms with Crippen molar-refractivity contribution < 1.29 is 0 Å². The van der Waals surface area contributed by atoms with Crippen molar-refractivity contribution in [3.63, 3.8) is 0 Å². The molecule has 0 amide bonds. The molecule has 1 saturated carbocycles. The van der Waals surface area contributed by atoms with E-state index >= 15 is 0 Å². The minimum Gasteiger partial charge on any atom is -0.325 e. The number of rotatable bonds is 4. The van der Waals surface area contributed by atoms with Crippen molar-refractivity contribution in [1.29, 1.82) is 0 Å². The standard InChI is InChI=1S/C9H19N/c1-8(2)4-3-5-9(10)6-7-9/h8H,3-7,10H2,1-2H3. The third-order valence-corrected chi connectivity index (χ3v) is 2.35. The monoisotopic (exact) mass is 141 g/mol. The van der Waals surface area contributed by atoms with E-state index < -0.39 is 0 Å². The molecule has 1 aliphatic rings. The third kappa shape index (κ3) is 2.70. The molecule has 0 atom stereocenters. The quantitative estimate of drug-likeness (QED) is 0.638. The average molecular weight is 141 g/mol. The van der Waals surface area contributed by atoms with Crippen LogP contribution in [-0.4, -0.2) is 5.54 Å². The summed E-state index contributed by atoms with van der Waals surface area (Å²) in [5.41, 5.74) is 6.22.